The van der Waals surface area contributed by atoms with Gasteiger partial charge in [0.05, 0.1) is 24.4 Å². The fourth-order valence-corrected chi connectivity index (χ4v) is 6.12. The molecule has 0 unspecified atom stereocenters. The molecule has 1 aliphatic rings. The maximum Gasteiger partial charge on any atom is 0.253 e. The number of halogens is 1. The number of rotatable bonds is 9. The number of hydrogen-bond donors (Lipinski definition) is 0. The highest BCUT2D eigenvalue weighted by Gasteiger charge is 2.33. The summed E-state index contributed by atoms with van der Waals surface area (Å²) in [5, 5.41) is 1.03. The largest absolute Gasteiger partial charge is 0.384 e. The molecule has 5 rings (SSSR count). The van der Waals surface area contributed by atoms with E-state index in [4.69, 9.17) is 4.74 Å². The summed E-state index contributed by atoms with van der Waals surface area (Å²) in [6.45, 7) is 5.42. The highest BCUT2D eigenvalue weighted by molar-refractivity contribution is 7.90. The number of sulfone groups is 1. The first-order chi connectivity index (χ1) is 19.4. The number of methoxy groups -OCH3 is 1. The van der Waals surface area contributed by atoms with Crippen molar-refractivity contribution in [3.05, 3.63) is 88.9 Å². The average Bonchev–Trinajstić information content (AvgIpc) is 3.52. The number of aromatic nitrogens is 1. The first kappa shape index (κ1) is 28.7. The fourth-order valence-electron chi connectivity index (χ4n) is 5.52. The molecular weight excluding hydrogens is 541 g/mol. The van der Waals surface area contributed by atoms with E-state index in [9.17, 15) is 17.6 Å². The zero-order valence-electron chi connectivity index (χ0n) is 23.9. The summed E-state index contributed by atoms with van der Waals surface area (Å²) in [4.78, 5) is 18.9. The van der Waals surface area contributed by atoms with Crippen LogP contribution in [0.4, 0.5) is 4.39 Å². The van der Waals surface area contributed by atoms with E-state index in [0.717, 1.165) is 50.8 Å². The Hall–Kier alpha value is -3.82. The maximum atomic E-state index is 14.0. The van der Waals surface area contributed by atoms with E-state index in [2.05, 4.69) is 35.5 Å². The Morgan fingerprint density at radius 2 is 1.78 bits per heavy atom. The summed E-state index contributed by atoms with van der Waals surface area (Å²) in [5.74, 6) is -0.649. The molecule has 0 N–H and O–H groups in total. The number of carbonyl (C=O) groups excluding carboxylic acids is 1. The number of nitrogens with zero attached hydrogens (tertiary/aromatic N) is 3. The van der Waals surface area contributed by atoms with Crippen molar-refractivity contribution in [2.24, 2.45) is 4.99 Å². The van der Waals surface area contributed by atoms with Crippen LogP contribution >= 0.6 is 0 Å². The van der Waals surface area contributed by atoms with Crippen molar-refractivity contribution in [3.8, 4) is 16.8 Å². The van der Waals surface area contributed by atoms with Gasteiger partial charge in [0.2, 0.25) is 0 Å². The van der Waals surface area contributed by atoms with Crippen LogP contribution in [-0.4, -0.2) is 69.3 Å². The summed E-state index contributed by atoms with van der Waals surface area (Å²) in [7, 11) is 0.0958. The summed E-state index contributed by atoms with van der Waals surface area (Å²) < 4.78 is 45.0. The van der Waals surface area contributed by atoms with E-state index in [1.807, 2.05) is 18.3 Å². The van der Waals surface area contributed by atoms with E-state index in [0.29, 0.717) is 18.7 Å². The second-order valence-corrected chi connectivity index (χ2v) is 13.6. The Kier molecular flexibility index (Phi) is 7.61. The zero-order chi connectivity index (χ0) is 29.5. The Balaban J connectivity index is 1.70. The summed E-state index contributed by atoms with van der Waals surface area (Å²) in [6.07, 6.45) is 3.05. The Morgan fingerprint density at radius 1 is 1.10 bits per heavy atom. The smallest absolute Gasteiger partial charge is 0.253 e. The second-order valence-electron chi connectivity index (χ2n) is 11.3. The lowest BCUT2D eigenvalue weighted by Crippen LogP contribution is -2.31. The quantitative estimate of drug-likeness (QED) is 0.267. The van der Waals surface area contributed by atoms with Crippen LogP contribution in [0, 0.1) is 5.82 Å². The van der Waals surface area contributed by atoms with Gasteiger partial charge in [0.25, 0.3) is 5.91 Å². The molecule has 0 saturated heterocycles. The molecule has 1 amide bonds. The van der Waals surface area contributed by atoms with Gasteiger partial charge in [0.15, 0.2) is 0 Å². The third-order valence-corrected chi connectivity index (χ3v) is 8.44. The third kappa shape index (κ3) is 5.69. The molecule has 4 aromatic rings. The van der Waals surface area contributed by atoms with Crippen molar-refractivity contribution < 1.29 is 22.3 Å². The first-order valence-corrected chi connectivity index (χ1v) is 15.5. The SMILES string of the molecule is COCC(C)(C)c1c(-c2ccc(C(=O)N(C)CCS(C)(=O)=O)cc2)c2cc3c(cc2n1-c1ccc(F)cc1)C=NC3. The van der Waals surface area contributed by atoms with Gasteiger partial charge in [-0.05, 0) is 65.2 Å². The van der Waals surface area contributed by atoms with Crippen molar-refractivity contribution in [2.75, 3.05) is 39.3 Å². The third-order valence-electron chi connectivity index (χ3n) is 7.52. The van der Waals surface area contributed by atoms with Gasteiger partial charge in [-0.3, -0.25) is 9.79 Å². The molecule has 0 fully saturated rings. The molecule has 0 spiro atoms. The van der Waals surface area contributed by atoms with Crippen molar-refractivity contribution in [1.29, 1.82) is 0 Å². The van der Waals surface area contributed by atoms with E-state index in [1.165, 1.54) is 17.0 Å². The molecule has 41 heavy (non-hydrogen) atoms. The monoisotopic (exact) mass is 575 g/mol. The molecule has 1 aromatic heterocycles. The normalized spacial score (nSPS) is 13.1. The lowest BCUT2D eigenvalue weighted by Gasteiger charge is -2.28. The van der Waals surface area contributed by atoms with E-state index >= 15 is 0 Å². The van der Waals surface area contributed by atoms with E-state index in [1.54, 1.807) is 38.4 Å². The summed E-state index contributed by atoms with van der Waals surface area (Å²) >= 11 is 0. The minimum absolute atomic E-state index is 0.0950. The molecule has 2 heterocycles. The Morgan fingerprint density at radius 3 is 2.41 bits per heavy atom. The van der Waals surface area contributed by atoms with Crippen LogP contribution in [0.1, 0.15) is 41.0 Å². The summed E-state index contributed by atoms with van der Waals surface area (Å²) in [5.41, 5.74) is 6.94. The highest BCUT2D eigenvalue weighted by Crippen LogP contribution is 2.44. The summed E-state index contributed by atoms with van der Waals surface area (Å²) in [6, 6.07) is 18.2. The second kappa shape index (κ2) is 10.9. The van der Waals surface area contributed by atoms with Gasteiger partial charge in [-0.15, -0.1) is 0 Å². The number of benzene rings is 3. The molecule has 0 radical (unpaired) electrons. The van der Waals surface area contributed by atoms with Gasteiger partial charge in [0.1, 0.15) is 15.7 Å². The number of aliphatic imine (C=N–C) groups is 1. The highest BCUT2D eigenvalue weighted by atomic mass is 32.2. The van der Waals surface area contributed by atoms with Crippen molar-refractivity contribution in [1.82, 2.24) is 9.47 Å². The molecular formula is C32H34FN3O4S. The topological polar surface area (TPSA) is 81.0 Å². The van der Waals surface area contributed by atoms with Crippen LogP contribution < -0.4 is 0 Å². The number of amides is 1. The minimum Gasteiger partial charge on any atom is -0.384 e. The maximum absolute atomic E-state index is 14.0. The van der Waals surface area contributed by atoms with Crippen LogP contribution in [0.25, 0.3) is 27.7 Å². The van der Waals surface area contributed by atoms with Gasteiger partial charge >= 0.3 is 0 Å². The van der Waals surface area contributed by atoms with Crippen molar-refractivity contribution in [2.45, 2.75) is 25.8 Å². The van der Waals surface area contributed by atoms with Gasteiger partial charge in [-0.1, -0.05) is 26.0 Å². The molecule has 0 bridgehead atoms. The van der Waals surface area contributed by atoms with Gasteiger partial charge in [-0.25, -0.2) is 12.8 Å². The lowest BCUT2D eigenvalue weighted by molar-refractivity contribution is 0.0803. The van der Waals surface area contributed by atoms with Crippen molar-refractivity contribution >= 4 is 32.9 Å². The molecule has 9 heteroatoms. The van der Waals surface area contributed by atoms with E-state index in [-0.39, 0.29) is 24.0 Å². The molecule has 1 aliphatic heterocycles. The van der Waals surface area contributed by atoms with Crippen LogP contribution in [0.2, 0.25) is 0 Å². The van der Waals surface area contributed by atoms with E-state index < -0.39 is 15.3 Å². The zero-order valence-corrected chi connectivity index (χ0v) is 24.8. The van der Waals surface area contributed by atoms with Gasteiger partial charge in [0, 0.05) is 66.5 Å². The van der Waals surface area contributed by atoms with Crippen molar-refractivity contribution in [3.63, 3.8) is 0 Å². The Bertz CT molecular complexity index is 1760. The lowest BCUT2D eigenvalue weighted by atomic mass is 9.84. The first-order valence-electron chi connectivity index (χ1n) is 13.4. The number of fused-ring (bicyclic) bond motifs is 2. The predicted molar refractivity (Wildman–Crippen MR) is 162 cm³/mol. The standard InChI is InChI=1S/C32H34FN3O4S/c1-32(2,20-40-4)30-29(21-6-8-22(9-7-21)31(37)35(3)14-15-41(5,38)39)27-16-23-18-34-19-24(23)17-28(27)36(30)26-12-10-25(33)11-13-26/h6-13,16-17,19H,14-15,18,20H2,1-5H3. The molecule has 214 valence electrons. The molecule has 0 aliphatic carbocycles. The van der Waals surface area contributed by atoms with Crippen LogP contribution in [0.15, 0.2) is 65.7 Å². The van der Waals surface area contributed by atoms with Crippen LogP contribution in [0.5, 0.6) is 0 Å². The number of carbonyl (C=O) groups is 1. The number of ether oxygens (including phenoxy) is 1. The average molecular weight is 576 g/mol. The van der Waals surface area contributed by atoms with Crippen LogP contribution in [-0.2, 0) is 26.5 Å². The predicted octanol–water partition coefficient (Wildman–Crippen LogP) is 5.41. The van der Waals surface area contributed by atoms with Crippen LogP contribution in [0.3, 0.4) is 0 Å². The molecule has 0 saturated carbocycles. The molecule has 3 aromatic carbocycles. The Labute approximate surface area is 240 Å². The minimum atomic E-state index is -3.19. The molecule has 0 atom stereocenters. The molecule has 7 nitrogen and oxygen atoms in total. The van der Waals surface area contributed by atoms with Gasteiger partial charge in [-0.2, -0.15) is 0 Å². The fraction of sp³-hybridized carbons (Fsp3) is 0.312. The number of hydrogen-bond acceptors (Lipinski definition) is 5. The van der Waals surface area contributed by atoms with Gasteiger partial charge < -0.3 is 14.2 Å².